The first-order valence-electron chi connectivity index (χ1n) is 6.04. The predicted molar refractivity (Wildman–Crippen MR) is 72.7 cm³/mol. The van der Waals surface area contributed by atoms with E-state index in [1.807, 2.05) is 32.0 Å². The number of hydrogen-bond donors (Lipinski definition) is 2. The van der Waals surface area contributed by atoms with Gasteiger partial charge in [-0.25, -0.2) is 0 Å². The molecule has 0 aliphatic carbocycles. The number of methoxy groups -OCH3 is 1. The molecule has 4 heteroatoms. The van der Waals surface area contributed by atoms with Crippen molar-refractivity contribution in [2.45, 2.75) is 19.9 Å². The van der Waals surface area contributed by atoms with Crippen molar-refractivity contribution in [1.29, 1.82) is 0 Å². The lowest BCUT2D eigenvalue weighted by Gasteiger charge is -2.19. The Bertz CT molecular complexity index is 473. The van der Waals surface area contributed by atoms with Gasteiger partial charge in [-0.05, 0) is 19.4 Å². The van der Waals surface area contributed by atoms with Crippen molar-refractivity contribution in [2.75, 3.05) is 19.0 Å². The van der Waals surface area contributed by atoms with Crippen LogP contribution in [0.2, 0.25) is 0 Å². The van der Waals surface area contributed by atoms with E-state index in [2.05, 4.69) is 27.6 Å². The molecule has 0 saturated carbocycles. The van der Waals surface area contributed by atoms with E-state index in [1.165, 1.54) is 5.56 Å². The third kappa shape index (κ3) is 2.71. The summed E-state index contributed by atoms with van der Waals surface area (Å²) < 4.78 is 5.29. The molecule has 0 saturated heterocycles. The van der Waals surface area contributed by atoms with E-state index in [1.54, 1.807) is 7.11 Å². The standard InChI is InChI=1S/C14H19N3O/c1-10-14(11(2)17-16-10)15-13(9-18-3)12-7-5-4-6-8-12/h4-8,13,15H,9H2,1-3H3,(H,16,17). The fraction of sp³-hybridized carbons (Fsp3) is 0.357. The van der Waals surface area contributed by atoms with Crippen molar-refractivity contribution < 1.29 is 4.74 Å². The Morgan fingerprint density at radius 1 is 1.28 bits per heavy atom. The van der Waals surface area contributed by atoms with Crippen LogP contribution in [0, 0.1) is 13.8 Å². The maximum atomic E-state index is 5.29. The molecule has 0 radical (unpaired) electrons. The molecule has 2 rings (SSSR count). The summed E-state index contributed by atoms with van der Waals surface area (Å²) in [5, 5.41) is 10.7. The summed E-state index contributed by atoms with van der Waals surface area (Å²) >= 11 is 0. The lowest BCUT2D eigenvalue weighted by Crippen LogP contribution is -2.16. The van der Waals surface area contributed by atoms with Crippen LogP contribution in [-0.2, 0) is 4.74 Å². The molecule has 18 heavy (non-hydrogen) atoms. The minimum Gasteiger partial charge on any atom is -0.382 e. The van der Waals surface area contributed by atoms with E-state index in [9.17, 15) is 0 Å². The molecule has 0 bridgehead atoms. The zero-order valence-electron chi connectivity index (χ0n) is 11.0. The number of aromatic nitrogens is 2. The largest absolute Gasteiger partial charge is 0.382 e. The van der Waals surface area contributed by atoms with Crippen LogP contribution < -0.4 is 5.32 Å². The molecule has 0 spiro atoms. The average Bonchev–Trinajstić information content (AvgIpc) is 2.71. The maximum absolute atomic E-state index is 5.29. The van der Waals surface area contributed by atoms with E-state index in [0.29, 0.717) is 6.61 Å². The average molecular weight is 245 g/mol. The van der Waals surface area contributed by atoms with Gasteiger partial charge in [0, 0.05) is 7.11 Å². The highest BCUT2D eigenvalue weighted by Crippen LogP contribution is 2.23. The van der Waals surface area contributed by atoms with E-state index in [0.717, 1.165) is 17.1 Å². The molecule has 2 N–H and O–H groups in total. The molecule has 4 nitrogen and oxygen atoms in total. The van der Waals surface area contributed by atoms with Crippen molar-refractivity contribution in [3.63, 3.8) is 0 Å². The number of hydrogen-bond acceptors (Lipinski definition) is 3. The molecule has 1 aromatic heterocycles. The molecule has 1 unspecified atom stereocenters. The Morgan fingerprint density at radius 2 is 2.00 bits per heavy atom. The Kier molecular flexibility index (Phi) is 3.99. The number of anilines is 1. The van der Waals surface area contributed by atoms with E-state index < -0.39 is 0 Å². The molecule has 1 heterocycles. The quantitative estimate of drug-likeness (QED) is 0.851. The number of aromatic amines is 1. The van der Waals surface area contributed by atoms with Gasteiger partial charge in [0.2, 0.25) is 0 Å². The zero-order chi connectivity index (χ0) is 13.0. The Hall–Kier alpha value is -1.81. The fourth-order valence-corrected chi connectivity index (χ4v) is 2.01. The van der Waals surface area contributed by atoms with Crippen molar-refractivity contribution in [2.24, 2.45) is 0 Å². The van der Waals surface area contributed by atoms with Crippen LogP contribution in [0.4, 0.5) is 5.69 Å². The second-order valence-corrected chi connectivity index (χ2v) is 4.37. The van der Waals surface area contributed by atoms with Gasteiger partial charge < -0.3 is 10.1 Å². The second-order valence-electron chi connectivity index (χ2n) is 4.37. The first-order valence-corrected chi connectivity index (χ1v) is 6.04. The van der Waals surface area contributed by atoms with Gasteiger partial charge in [0.05, 0.1) is 29.7 Å². The normalized spacial score (nSPS) is 12.4. The minimum atomic E-state index is 0.131. The summed E-state index contributed by atoms with van der Waals surface area (Å²) in [5.41, 5.74) is 4.29. The molecule has 0 amide bonds. The highest BCUT2D eigenvalue weighted by atomic mass is 16.5. The number of benzene rings is 1. The minimum absolute atomic E-state index is 0.131. The molecule has 0 aliphatic rings. The summed E-state index contributed by atoms with van der Waals surface area (Å²) in [6.45, 7) is 4.62. The Balaban J connectivity index is 2.22. The van der Waals surface area contributed by atoms with E-state index in [4.69, 9.17) is 4.74 Å². The van der Waals surface area contributed by atoms with E-state index in [-0.39, 0.29) is 6.04 Å². The Morgan fingerprint density at radius 3 is 2.56 bits per heavy atom. The zero-order valence-corrected chi connectivity index (χ0v) is 11.0. The first kappa shape index (κ1) is 12.6. The number of aryl methyl sites for hydroxylation is 2. The highest BCUT2D eigenvalue weighted by molar-refractivity contribution is 5.53. The van der Waals surface area contributed by atoms with Crippen LogP contribution in [0.25, 0.3) is 0 Å². The molecule has 2 aromatic rings. The van der Waals surface area contributed by atoms with Gasteiger partial charge in [-0.3, -0.25) is 5.10 Å². The van der Waals surface area contributed by atoms with Gasteiger partial charge in [0.1, 0.15) is 0 Å². The molecule has 1 aromatic carbocycles. The van der Waals surface area contributed by atoms with Crippen LogP contribution in [0.15, 0.2) is 30.3 Å². The number of rotatable bonds is 5. The van der Waals surface area contributed by atoms with Crippen LogP contribution in [0.5, 0.6) is 0 Å². The van der Waals surface area contributed by atoms with Crippen molar-refractivity contribution in [3.05, 3.63) is 47.3 Å². The summed E-state index contributed by atoms with van der Waals surface area (Å²) in [6.07, 6.45) is 0. The van der Waals surface area contributed by atoms with Gasteiger partial charge in [-0.1, -0.05) is 30.3 Å². The smallest absolute Gasteiger partial charge is 0.0825 e. The molecular formula is C14H19N3O. The van der Waals surface area contributed by atoms with Crippen LogP contribution in [0.1, 0.15) is 23.0 Å². The SMILES string of the molecule is COCC(Nc1c(C)n[nH]c1C)c1ccccc1. The molecule has 1 atom stereocenters. The summed E-state index contributed by atoms with van der Waals surface area (Å²) in [4.78, 5) is 0. The van der Waals surface area contributed by atoms with Gasteiger partial charge in [0.15, 0.2) is 0 Å². The molecule has 0 aliphatic heterocycles. The third-order valence-corrected chi connectivity index (χ3v) is 2.98. The number of ether oxygens (including phenoxy) is 1. The van der Waals surface area contributed by atoms with Crippen LogP contribution in [0.3, 0.4) is 0 Å². The van der Waals surface area contributed by atoms with Crippen LogP contribution >= 0.6 is 0 Å². The lowest BCUT2D eigenvalue weighted by molar-refractivity contribution is 0.186. The van der Waals surface area contributed by atoms with Gasteiger partial charge in [-0.2, -0.15) is 5.10 Å². The molecular weight excluding hydrogens is 226 g/mol. The molecule has 0 fully saturated rings. The molecule has 96 valence electrons. The fourth-order valence-electron chi connectivity index (χ4n) is 2.01. The van der Waals surface area contributed by atoms with Crippen LogP contribution in [-0.4, -0.2) is 23.9 Å². The van der Waals surface area contributed by atoms with E-state index >= 15 is 0 Å². The number of nitrogens with one attached hydrogen (secondary N) is 2. The van der Waals surface area contributed by atoms with Gasteiger partial charge in [0.25, 0.3) is 0 Å². The topological polar surface area (TPSA) is 49.9 Å². The number of H-pyrrole nitrogens is 1. The second kappa shape index (κ2) is 5.69. The summed E-state index contributed by atoms with van der Waals surface area (Å²) in [5.74, 6) is 0. The van der Waals surface area contributed by atoms with Gasteiger partial charge >= 0.3 is 0 Å². The van der Waals surface area contributed by atoms with Gasteiger partial charge in [-0.15, -0.1) is 0 Å². The maximum Gasteiger partial charge on any atom is 0.0825 e. The predicted octanol–water partition coefficient (Wildman–Crippen LogP) is 2.83. The monoisotopic (exact) mass is 245 g/mol. The van der Waals surface area contributed by atoms with Crippen molar-refractivity contribution in [1.82, 2.24) is 10.2 Å². The number of nitrogens with zero attached hydrogens (tertiary/aromatic N) is 1. The van der Waals surface area contributed by atoms with Crippen molar-refractivity contribution in [3.8, 4) is 0 Å². The first-order chi connectivity index (χ1) is 8.72. The summed E-state index contributed by atoms with van der Waals surface area (Å²) in [6, 6.07) is 10.4. The lowest BCUT2D eigenvalue weighted by atomic mass is 10.1. The summed E-state index contributed by atoms with van der Waals surface area (Å²) in [7, 11) is 1.71. The van der Waals surface area contributed by atoms with Crippen molar-refractivity contribution >= 4 is 5.69 Å². The third-order valence-electron chi connectivity index (χ3n) is 2.98. The highest BCUT2D eigenvalue weighted by Gasteiger charge is 2.14. The Labute approximate surface area is 107 Å².